The van der Waals surface area contributed by atoms with Gasteiger partial charge in [0, 0.05) is 0 Å². The van der Waals surface area contributed by atoms with E-state index in [-0.39, 0.29) is 24.1 Å². The molecule has 0 fully saturated rings. The van der Waals surface area contributed by atoms with E-state index < -0.39 is 11.8 Å². The lowest BCUT2D eigenvalue weighted by Crippen LogP contribution is -2.12. The highest BCUT2D eigenvalue weighted by Crippen LogP contribution is 2.21. The number of carboxylic acids is 1. The predicted molar refractivity (Wildman–Crippen MR) is 101 cm³/mol. The van der Waals surface area contributed by atoms with Crippen LogP contribution < -0.4 is 4.74 Å². The van der Waals surface area contributed by atoms with Gasteiger partial charge in [-0.1, -0.05) is 38.0 Å². The van der Waals surface area contributed by atoms with Gasteiger partial charge in [-0.25, -0.2) is 8.78 Å². The number of hydrogen-bond donors (Lipinski definition) is 1. The van der Waals surface area contributed by atoms with Gasteiger partial charge in [-0.15, -0.1) is 0 Å². The molecule has 2 aromatic rings. The summed E-state index contributed by atoms with van der Waals surface area (Å²) in [4.78, 5) is 11.0. The molecule has 0 saturated carbocycles. The molecule has 0 heterocycles. The molecule has 1 atom stereocenters. The van der Waals surface area contributed by atoms with Crippen LogP contribution in [0.1, 0.15) is 50.2 Å². The van der Waals surface area contributed by atoms with E-state index in [0.29, 0.717) is 12.8 Å². The third kappa shape index (κ3) is 7.00. The van der Waals surface area contributed by atoms with Gasteiger partial charge in [0.1, 0.15) is 12.4 Å². The molecule has 27 heavy (non-hydrogen) atoms. The molecule has 1 unspecified atom stereocenters. The standard InChI is InChI=1S/C22H26F2O3/c1-2-18(22(25)26)7-5-3-4-6-16-10-13-21(20(24)14-16)27-15-17-8-11-19(23)12-9-17/h8-14,18H,2-7,15H2,1H3,(H,25,26). The van der Waals surface area contributed by atoms with Crippen molar-refractivity contribution in [1.29, 1.82) is 0 Å². The van der Waals surface area contributed by atoms with Crippen molar-refractivity contribution in [3.05, 3.63) is 65.2 Å². The van der Waals surface area contributed by atoms with Gasteiger partial charge >= 0.3 is 5.97 Å². The van der Waals surface area contributed by atoms with Crippen molar-refractivity contribution in [3.63, 3.8) is 0 Å². The fourth-order valence-corrected chi connectivity index (χ4v) is 2.96. The zero-order valence-corrected chi connectivity index (χ0v) is 15.6. The van der Waals surface area contributed by atoms with Crippen molar-refractivity contribution in [2.24, 2.45) is 5.92 Å². The summed E-state index contributed by atoms with van der Waals surface area (Å²) >= 11 is 0. The second-order valence-corrected chi connectivity index (χ2v) is 6.72. The van der Waals surface area contributed by atoms with Crippen molar-refractivity contribution in [1.82, 2.24) is 0 Å². The van der Waals surface area contributed by atoms with Crippen LogP contribution in [0.5, 0.6) is 5.75 Å². The topological polar surface area (TPSA) is 46.5 Å². The molecule has 0 radical (unpaired) electrons. The lowest BCUT2D eigenvalue weighted by Gasteiger charge is -2.10. The van der Waals surface area contributed by atoms with Crippen LogP contribution in [0.3, 0.4) is 0 Å². The minimum absolute atomic E-state index is 0.176. The van der Waals surface area contributed by atoms with E-state index in [4.69, 9.17) is 9.84 Å². The maximum Gasteiger partial charge on any atom is 0.306 e. The summed E-state index contributed by atoms with van der Waals surface area (Å²) in [5.41, 5.74) is 1.67. The first-order valence-corrected chi connectivity index (χ1v) is 9.38. The molecular weight excluding hydrogens is 350 g/mol. The minimum Gasteiger partial charge on any atom is -0.486 e. The second kappa shape index (κ2) is 10.7. The Morgan fingerprint density at radius 2 is 1.74 bits per heavy atom. The van der Waals surface area contributed by atoms with Crippen molar-refractivity contribution in [2.45, 2.75) is 52.1 Å². The van der Waals surface area contributed by atoms with Crippen molar-refractivity contribution in [2.75, 3.05) is 0 Å². The van der Waals surface area contributed by atoms with Gasteiger partial charge in [-0.05, 0) is 61.1 Å². The molecule has 5 heteroatoms. The number of carboxylic acid groups (broad SMARTS) is 1. The Bertz CT molecular complexity index is 729. The van der Waals surface area contributed by atoms with Crippen LogP contribution in [0.2, 0.25) is 0 Å². The molecule has 0 aliphatic carbocycles. The summed E-state index contributed by atoms with van der Waals surface area (Å²) in [6.45, 7) is 2.07. The lowest BCUT2D eigenvalue weighted by atomic mass is 9.97. The molecule has 146 valence electrons. The Balaban J connectivity index is 1.75. The molecular formula is C22H26F2O3. The molecule has 0 aliphatic rings. The number of benzene rings is 2. The molecule has 2 aromatic carbocycles. The van der Waals surface area contributed by atoms with E-state index in [9.17, 15) is 13.6 Å². The maximum atomic E-state index is 14.2. The summed E-state index contributed by atoms with van der Waals surface area (Å²) in [6, 6.07) is 10.8. The van der Waals surface area contributed by atoms with E-state index in [1.807, 2.05) is 13.0 Å². The summed E-state index contributed by atoms with van der Waals surface area (Å²) in [6.07, 6.45) is 4.78. The number of ether oxygens (including phenoxy) is 1. The van der Waals surface area contributed by atoms with E-state index in [1.54, 1.807) is 18.2 Å². The maximum absolute atomic E-state index is 14.2. The van der Waals surface area contributed by atoms with Gasteiger partial charge in [0.15, 0.2) is 11.6 Å². The number of aryl methyl sites for hydroxylation is 1. The van der Waals surface area contributed by atoms with Gasteiger partial charge in [0.25, 0.3) is 0 Å². The summed E-state index contributed by atoms with van der Waals surface area (Å²) in [7, 11) is 0. The normalized spacial score (nSPS) is 12.0. The number of rotatable bonds is 11. The first-order valence-electron chi connectivity index (χ1n) is 9.38. The Labute approximate surface area is 159 Å². The van der Waals surface area contributed by atoms with E-state index >= 15 is 0 Å². The first kappa shape index (κ1) is 20.9. The zero-order chi connectivity index (χ0) is 19.6. The van der Waals surface area contributed by atoms with Crippen LogP contribution in [-0.4, -0.2) is 11.1 Å². The third-order valence-corrected chi connectivity index (χ3v) is 4.66. The van der Waals surface area contributed by atoms with Gasteiger partial charge in [0.2, 0.25) is 0 Å². The van der Waals surface area contributed by atoms with E-state index in [0.717, 1.165) is 36.8 Å². The van der Waals surface area contributed by atoms with Crippen LogP contribution in [0, 0.1) is 17.6 Å². The van der Waals surface area contributed by atoms with Gasteiger partial charge < -0.3 is 9.84 Å². The quantitative estimate of drug-likeness (QED) is 0.507. The fourth-order valence-electron chi connectivity index (χ4n) is 2.96. The lowest BCUT2D eigenvalue weighted by molar-refractivity contribution is -0.142. The first-order chi connectivity index (χ1) is 13.0. The Morgan fingerprint density at radius 1 is 1.04 bits per heavy atom. The van der Waals surface area contributed by atoms with Gasteiger partial charge in [-0.2, -0.15) is 0 Å². The molecule has 0 aromatic heterocycles. The highest BCUT2D eigenvalue weighted by Gasteiger charge is 2.13. The monoisotopic (exact) mass is 376 g/mol. The Kier molecular flexibility index (Phi) is 8.24. The second-order valence-electron chi connectivity index (χ2n) is 6.72. The summed E-state index contributed by atoms with van der Waals surface area (Å²) < 4.78 is 32.5. The zero-order valence-electron chi connectivity index (χ0n) is 15.6. The van der Waals surface area contributed by atoms with Crippen molar-refractivity contribution in [3.8, 4) is 5.75 Å². The summed E-state index contributed by atoms with van der Waals surface area (Å²) in [5, 5.41) is 9.02. The average molecular weight is 376 g/mol. The van der Waals surface area contributed by atoms with Gasteiger partial charge in [0.05, 0.1) is 5.92 Å². The van der Waals surface area contributed by atoms with Crippen LogP contribution in [0.4, 0.5) is 8.78 Å². The predicted octanol–water partition coefficient (Wildman–Crippen LogP) is 5.76. The van der Waals surface area contributed by atoms with Crippen LogP contribution in [0.15, 0.2) is 42.5 Å². The largest absolute Gasteiger partial charge is 0.486 e. The number of unbranched alkanes of at least 4 members (excludes halogenated alkanes) is 2. The van der Waals surface area contributed by atoms with E-state index in [2.05, 4.69) is 0 Å². The smallest absolute Gasteiger partial charge is 0.306 e. The van der Waals surface area contributed by atoms with Crippen LogP contribution in [-0.2, 0) is 17.8 Å². The highest BCUT2D eigenvalue weighted by atomic mass is 19.1. The molecule has 3 nitrogen and oxygen atoms in total. The summed E-state index contributed by atoms with van der Waals surface area (Å²) in [5.74, 6) is -1.54. The van der Waals surface area contributed by atoms with Crippen LogP contribution >= 0.6 is 0 Å². The molecule has 0 saturated heterocycles. The Morgan fingerprint density at radius 3 is 2.37 bits per heavy atom. The molecule has 1 N–H and O–H groups in total. The number of aliphatic carboxylic acids is 1. The molecule has 0 amide bonds. The highest BCUT2D eigenvalue weighted by molar-refractivity contribution is 5.69. The fraction of sp³-hybridized carbons (Fsp3) is 0.409. The molecule has 0 bridgehead atoms. The van der Waals surface area contributed by atoms with Gasteiger partial charge in [-0.3, -0.25) is 4.79 Å². The number of hydrogen-bond acceptors (Lipinski definition) is 2. The van der Waals surface area contributed by atoms with Crippen LogP contribution in [0.25, 0.3) is 0 Å². The van der Waals surface area contributed by atoms with E-state index in [1.165, 1.54) is 18.2 Å². The average Bonchev–Trinajstić information content (AvgIpc) is 2.65. The number of halogens is 2. The Hall–Kier alpha value is -2.43. The molecule has 0 spiro atoms. The molecule has 0 aliphatic heterocycles. The minimum atomic E-state index is -0.726. The van der Waals surface area contributed by atoms with Crippen molar-refractivity contribution < 1.29 is 23.4 Å². The SMILES string of the molecule is CCC(CCCCCc1ccc(OCc2ccc(F)cc2)c(F)c1)C(=O)O. The third-order valence-electron chi connectivity index (χ3n) is 4.66. The molecule has 2 rings (SSSR count). The number of carbonyl (C=O) groups is 1. The van der Waals surface area contributed by atoms with Crippen molar-refractivity contribution >= 4 is 5.97 Å².